The number of furan rings is 2. The Hall–Kier alpha value is -7.88. The van der Waals surface area contributed by atoms with Gasteiger partial charge in [0, 0.05) is 61.1 Å². The van der Waals surface area contributed by atoms with Gasteiger partial charge in [-0.25, -0.2) is 0 Å². The van der Waals surface area contributed by atoms with Crippen molar-refractivity contribution in [2.24, 2.45) is 0 Å². The van der Waals surface area contributed by atoms with E-state index in [1.807, 2.05) is 6.07 Å². The average molecular weight is 838 g/mol. The predicted octanol–water partition coefficient (Wildman–Crippen LogP) is 17.3. The second-order valence-electron chi connectivity index (χ2n) is 18.4. The zero-order valence-electron chi connectivity index (χ0n) is 37.0. The van der Waals surface area contributed by atoms with Crippen LogP contribution in [0.2, 0.25) is 0 Å². The molecule has 0 saturated carbocycles. The van der Waals surface area contributed by atoms with E-state index in [0.717, 1.165) is 90.2 Å². The lowest BCUT2D eigenvalue weighted by Gasteiger charge is -2.30. The Bertz CT molecular complexity index is 3390. The van der Waals surface area contributed by atoms with Crippen LogP contribution < -0.4 is 4.90 Å². The lowest BCUT2D eigenvalue weighted by molar-refractivity contribution is 0.540. The van der Waals surface area contributed by atoms with Gasteiger partial charge in [0.1, 0.15) is 11.5 Å². The molecule has 0 bridgehead atoms. The summed E-state index contributed by atoms with van der Waals surface area (Å²) in [7, 11) is 0. The van der Waals surface area contributed by atoms with Gasteiger partial charge in [0.15, 0.2) is 11.5 Å². The maximum absolute atomic E-state index is 7.24. The molecule has 12 rings (SSSR count). The third-order valence-electron chi connectivity index (χ3n) is 13.9. The summed E-state index contributed by atoms with van der Waals surface area (Å²) >= 11 is 0. The van der Waals surface area contributed by atoms with E-state index in [-0.39, 0.29) is 5.41 Å². The number of hydrogen-bond acceptors (Lipinski definition) is 3. The van der Waals surface area contributed by atoms with Crippen molar-refractivity contribution in [1.29, 1.82) is 0 Å². The van der Waals surface area contributed by atoms with Crippen LogP contribution in [0.3, 0.4) is 0 Å². The van der Waals surface area contributed by atoms with E-state index < -0.39 is 5.41 Å². The molecule has 2 aromatic heterocycles. The van der Waals surface area contributed by atoms with Crippen LogP contribution in [-0.2, 0) is 10.8 Å². The first kappa shape index (κ1) is 38.8. The summed E-state index contributed by atoms with van der Waals surface area (Å²) in [5.41, 5.74) is 19.1. The van der Waals surface area contributed by atoms with E-state index in [2.05, 4.69) is 239 Å². The summed E-state index contributed by atoms with van der Waals surface area (Å²) in [6.45, 7) is 9.34. The van der Waals surface area contributed by atoms with Crippen molar-refractivity contribution in [2.45, 2.75) is 38.5 Å². The van der Waals surface area contributed by atoms with Crippen molar-refractivity contribution in [2.75, 3.05) is 4.90 Å². The fourth-order valence-corrected chi connectivity index (χ4v) is 10.8. The molecule has 2 aliphatic rings. The molecule has 2 heterocycles. The number of anilines is 3. The molecule has 0 N–H and O–H groups in total. The van der Waals surface area contributed by atoms with E-state index in [4.69, 9.17) is 8.83 Å². The minimum atomic E-state index is -0.446. The SMILES string of the molecule is CC1(C)c2ccccc2-c2ccc(N(c3ccc(-c4oc5c(c4-c4ccccc4)C(C)(C)c4c-5oc(-c5ccccc5)c4-c4ccccc4)cc3)c3ccccc3-c3ccccc3)cc21. The highest BCUT2D eigenvalue weighted by molar-refractivity contribution is 5.98. The van der Waals surface area contributed by atoms with Crippen LogP contribution in [0.25, 0.3) is 78.7 Å². The Morgan fingerprint density at radius 3 is 1.32 bits per heavy atom. The summed E-state index contributed by atoms with van der Waals surface area (Å²) in [5, 5.41) is 0. The summed E-state index contributed by atoms with van der Waals surface area (Å²) < 4.78 is 14.3. The Balaban J connectivity index is 1.03. The van der Waals surface area contributed by atoms with Crippen LogP contribution in [0, 0.1) is 0 Å². The lowest BCUT2D eigenvalue weighted by Crippen LogP contribution is -2.17. The molecule has 0 aliphatic heterocycles. The van der Waals surface area contributed by atoms with Crippen molar-refractivity contribution in [3.8, 4) is 78.7 Å². The lowest BCUT2D eigenvalue weighted by atomic mass is 9.76. The molecule has 0 spiro atoms. The molecule has 0 fully saturated rings. The summed E-state index contributed by atoms with van der Waals surface area (Å²) in [4.78, 5) is 2.42. The van der Waals surface area contributed by atoms with Gasteiger partial charge in [0.25, 0.3) is 0 Å². The number of fused-ring (bicyclic) bond motifs is 6. The molecular formula is C62H47NO2. The van der Waals surface area contributed by atoms with Gasteiger partial charge in [-0.05, 0) is 81.4 Å². The number of hydrogen-bond donors (Lipinski definition) is 0. The third kappa shape index (κ3) is 6.03. The largest absolute Gasteiger partial charge is 0.452 e. The van der Waals surface area contributed by atoms with E-state index >= 15 is 0 Å². The van der Waals surface area contributed by atoms with Crippen LogP contribution in [0.15, 0.2) is 221 Å². The molecule has 0 radical (unpaired) electrons. The predicted molar refractivity (Wildman–Crippen MR) is 268 cm³/mol. The Morgan fingerprint density at radius 1 is 0.323 bits per heavy atom. The van der Waals surface area contributed by atoms with E-state index in [1.54, 1.807) is 0 Å². The maximum Gasteiger partial charge on any atom is 0.175 e. The molecule has 0 atom stereocenters. The zero-order chi connectivity index (χ0) is 43.9. The first-order valence-corrected chi connectivity index (χ1v) is 22.6. The number of nitrogens with zero attached hydrogens (tertiary/aromatic N) is 1. The van der Waals surface area contributed by atoms with Crippen molar-refractivity contribution < 1.29 is 8.83 Å². The van der Waals surface area contributed by atoms with Crippen molar-refractivity contribution in [3.63, 3.8) is 0 Å². The van der Waals surface area contributed by atoms with Crippen molar-refractivity contribution >= 4 is 17.1 Å². The number of benzene rings is 8. The Labute approximate surface area is 380 Å². The van der Waals surface area contributed by atoms with Gasteiger partial charge >= 0.3 is 0 Å². The average Bonchev–Trinajstić information content (AvgIpc) is 4.07. The normalized spacial score (nSPS) is 13.8. The Kier molecular flexibility index (Phi) is 8.86. The molecule has 2 aliphatic carbocycles. The fraction of sp³-hybridized carbons (Fsp3) is 0.0968. The zero-order valence-corrected chi connectivity index (χ0v) is 37.0. The second kappa shape index (κ2) is 14.9. The van der Waals surface area contributed by atoms with Gasteiger partial charge in [-0.1, -0.05) is 198 Å². The van der Waals surface area contributed by atoms with Gasteiger partial charge in [0.2, 0.25) is 0 Å². The summed E-state index contributed by atoms with van der Waals surface area (Å²) in [5.74, 6) is 3.29. The van der Waals surface area contributed by atoms with Crippen molar-refractivity contribution in [3.05, 3.63) is 235 Å². The van der Waals surface area contributed by atoms with Crippen LogP contribution in [0.1, 0.15) is 49.9 Å². The highest BCUT2D eigenvalue weighted by Crippen LogP contribution is 2.61. The molecule has 0 saturated heterocycles. The Morgan fingerprint density at radius 2 is 0.754 bits per heavy atom. The van der Waals surface area contributed by atoms with Crippen LogP contribution >= 0.6 is 0 Å². The monoisotopic (exact) mass is 837 g/mol. The minimum absolute atomic E-state index is 0.144. The number of para-hydroxylation sites is 1. The highest BCUT2D eigenvalue weighted by Gasteiger charge is 2.48. The summed E-state index contributed by atoms with van der Waals surface area (Å²) in [6, 6.07) is 76.0. The third-order valence-corrected chi connectivity index (χ3v) is 13.9. The van der Waals surface area contributed by atoms with Gasteiger partial charge in [0.05, 0.1) is 5.69 Å². The second-order valence-corrected chi connectivity index (χ2v) is 18.4. The van der Waals surface area contributed by atoms with Gasteiger partial charge in [-0.15, -0.1) is 0 Å². The molecule has 0 unspecified atom stereocenters. The first-order chi connectivity index (χ1) is 31.8. The smallest absolute Gasteiger partial charge is 0.175 e. The number of rotatable bonds is 8. The van der Waals surface area contributed by atoms with E-state index in [1.165, 1.54) is 27.8 Å². The van der Waals surface area contributed by atoms with Gasteiger partial charge in [-0.3, -0.25) is 0 Å². The van der Waals surface area contributed by atoms with Gasteiger partial charge in [-0.2, -0.15) is 0 Å². The molecule has 10 aromatic rings. The minimum Gasteiger partial charge on any atom is -0.452 e. The molecule has 8 aromatic carbocycles. The van der Waals surface area contributed by atoms with Crippen molar-refractivity contribution in [1.82, 2.24) is 0 Å². The molecule has 3 nitrogen and oxygen atoms in total. The fourth-order valence-electron chi connectivity index (χ4n) is 10.8. The molecule has 3 heteroatoms. The maximum atomic E-state index is 7.24. The molecule has 0 amide bonds. The molecular weight excluding hydrogens is 791 g/mol. The standard InChI is InChI=1S/C62H47NO2/c1-61(2)50-31-19-17-30-48(50)49-38-37-46(39-51(49)61)63(52-32-20-18-29-47(52)40-21-9-5-10-22-40)45-35-33-44(34-36-45)58-54(42-25-13-7-14-26-42)56-60(65-58)59-55(62(56,3)4)53(41-23-11-6-12-24-41)57(64-59)43-27-15-8-16-28-43/h5-39H,1-4H3. The molecule has 65 heavy (non-hydrogen) atoms. The van der Waals surface area contributed by atoms with Crippen LogP contribution in [-0.4, -0.2) is 0 Å². The molecule has 312 valence electrons. The first-order valence-electron chi connectivity index (χ1n) is 22.6. The highest BCUT2D eigenvalue weighted by atomic mass is 16.4. The van der Waals surface area contributed by atoms with Gasteiger partial charge < -0.3 is 13.7 Å². The quantitative estimate of drug-likeness (QED) is 0.153. The van der Waals surface area contributed by atoms with E-state index in [0.29, 0.717) is 0 Å². The topological polar surface area (TPSA) is 29.5 Å². The van der Waals surface area contributed by atoms with Crippen LogP contribution in [0.5, 0.6) is 0 Å². The summed E-state index contributed by atoms with van der Waals surface area (Å²) in [6.07, 6.45) is 0. The van der Waals surface area contributed by atoms with E-state index in [9.17, 15) is 0 Å². The van der Waals surface area contributed by atoms with Crippen LogP contribution in [0.4, 0.5) is 17.1 Å².